The molecule has 1 aromatic rings. The first-order valence-electron chi connectivity index (χ1n) is 6.11. The average Bonchev–Trinajstić information content (AvgIpc) is 2.39. The van der Waals surface area contributed by atoms with E-state index in [1.807, 2.05) is 0 Å². The second-order valence-corrected chi connectivity index (χ2v) is 4.92. The third-order valence-corrected chi connectivity index (χ3v) is 3.23. The average molecular weight is 299 g/mol. The van der Waals surface area contributed by atoms with Gasteiger partial charge in [0, 0.05) is 18.6 Å². The highest BCUT2D eigenvalue weighted by Crippen LogP contribution is 2.34. The molecule has 0 aromatic heterocycles. The van der Waals surface area contributed by atoms with Gasteiger partial charge in [-0.2, -0.15) is 0 Å². The van der Waals surface area contributed by atoms with Gasteiger partial charge in [-0.1, -0.05) is 11.6 Å². The number of nitrogens with zero attached hydrogens (tertiary/aromatic N) is 2. The van der Waals surface area contributed by atoms with E-state index in [0.29, 0.717) is 16.5 Å². The van der Waals surface area contributed by atoms with Crippen LogP contribution in [0.2, 0.25) is 5.02 Å². The highest BCUT2D eigenvalue weighted by molar-refractivity contribution is 6.31. The quantitative estimate of drug-likeness (QED) is 0.648. The highest BCUT2D eigenvalue weighted by Gasteiger charge is 2.26. The van der Waals surface area contributed by atoms with E-state index in [4.69, 9.17) is 21.4 Å². The summed E-state index contributed by atoms with van der Waals surface area (Å²) < 4.78 is 5.10. The summed E-state index contributed by atoms with van der Waals surface area (Å²) in [6.07, 6.45) is 0. The molecule has 0 bridgehead atoms. The van der Waals surface area contributed by atoms with Gasteiger partial charge in [0.05, 0.1) is 18.8 Å². The lowest BCUT2D eigenvalue weighted by Gasteiger charge is -2.30. The van der Waals surface area contributed by atoms with Gasteiger partial charge in [-0.05, 0) is 18.2 Å². The van der Waals surface area contributed by atoms with Crippen molar-refractivity contribution in [1.29, 1.82) is 0 Å². The van der Waals surface area contributed by atoms with Gasteiger partial charge in [-0.15, -0.1) is 0 Å². The molecule has 0 saturated heterocycles. The Labute approximate surface area is 121 Å². The molecule has 1 aromatic carbocycles. The van der Waals surface area contributed by atoms with E-state index in [9.17, 15) is 9.59 Å². The summed E-state index contributed by atoms with van der Waals surface area (Å²) in [5.41, 5.74) is 0.614. The number of halogens is 1. The summed E-state index contributed by atoms with van der Waals surface area (Å²) in [7, 11) is 1.60. The Hall–Kier alpha value is -1.79. The summed E-state index contributed by atoms with van der Waals surface area (Å²) >= 11 is 5.93. The van der Waals surface area contributed by atoms with Gasteiger partial charge in [0.15, 0.2) is 5.75 Å². The molecule has 0 unspecified atom stereocenters. The number of ether oxygens (including phenoxy) is 1. The maximum absolute atomic E-state index is 12.0. The van der Waals surface area contributed by atoms with Crippen LogP contribution in [0.15, 0.2) is 18.2 Å². The summed E-state index contributed by atoms with van der Waals surface area (Å²) in [5.74, 6) is -0.222. The standard InChI is InChI=1S/C13H15ClN2O4/c1-15(4-5-17)12(18)7-16-8-13(19)20-11-3-2-9(14)6-10(11)16/h2-3,6,17H,4-5,7-8H2,1H3. The van der Waals surface area contributed by atoms with Gasteiger partial charge in [-0.25, -0.2) is 4.79 Å². The smallest absolute Gasteiger partial charge is 0.331 e. The molecule has 7 heteroatoms. The number of aliphatic hydroxyl groups excluding tert-OH is 1. The maximum Gasteiger partial charge on any atom is 0.331 e. The number of likely N-dealkylation sites (N-methyl/N-ethyl adjacent to an activating group) is 1. The number of hydrogen-bond acceptors (Lipinski definition) is 5. The van der Waals surface area contributed by atoms with Gasteiger partial charge in [0.1, 0.15) is 6.54 Å². The maximum atomic E-state index is 12.0. The van der Waals surface area contributed by atoms with Crippen molar-refractivity contribution in [1.82, 2.24) is 4.90 Å². The van der Waals surface area contributed by atoms with Gasteiger partial charge < -0.3 is 19.6 Å². The molecule has 1 aliphatic rings. The molecule has 108 valence electrons. The Bertz CT molecular complexity index is 535. The van der Waals surface area contributed by atoms with Crippen molar-refractivity contribution in [3.63, 3.8) is 0 Å². The molecular weight excluding hydrogens is 284 g/mol. The Balaban J connectivity index is 2.18. The van der Waals surface area contributed by atoms with E-state index in [-0.39, 0.29) is 32.1 Å². The van der Waals surface area contributed by atoms with Crippen LogP contribution in [0, 0.1) is 0 Å². The number of esters is 1. The number of rotatable bonds is 4. The van der Waals surface area contributed by atoms with Gasteiger partial charge >= 0.3 is 5.97 Å². The minimum absolute atomic E-state index is 0.00789. The van der Waals surface area contributed by atoms with Crippen molar-refractivity contribution >= 4 is 29.2 Å². The van der Waals surface area contributed by atoms with Crippen molar-refractivity contribution in [2.45, 2.75) is 0 Å². The van der Waals surface area contributed by atoms with Crippen molar-refractivity contribution in [3.8, 4) is 5.75 Å². The van der Waals surface area contributed by atoms with Crippen LogP contribution in [0.25, 0.3) is 0 Å². The highest BCUT2D eigenvalue weighted by atomic mass is 35.5. The molecular formula is C13H15ClN2O4. The minimum atomic E-state index is -0.419. The number of benzene rings is 1. The van der Waals surface area contributed by atoms with E-state index >= 15 is 0 Å². The number of fused-ring (bicyclic) bond motifs is 1. The van der Waals surface area contributed by atoms with E-state index in [2.05, 4.69) is 0 Å². The van der Waals surface area contributed by atoms with Crippen LogP contribution < -0.4 is 9.64 Å². The molecule has 1 heterocycles. The third-order valence-electron chi connectivity index (χ3n) is 2.99. The van der Waals surface area contributed by atoms with Crippen LogP contribution in [-0.2, 0) is 9.59 Å². The fourth-order valence-corrected chi connectivity index (χ4v) is 2.09. The van der Waals surface area contributed by atoms with E-state index in [1.54, 1.807) is 30.1 Å². The fourth-order valence-electron chi connectivity index (χ4n) is 1.92. The van der Waals surface area contributed by atoms with Crippen molar-refractivity contribution in [2.75, 3.05) is 38.2 Å². The van der Waals surface area contributed by atoms with Crippen LogP contribution in [0.5, 0.6) is 5.75 Å². The lowest BCUT2D eigenvalue weighted by atomic mass is 10.2. The number of anilines is 1. The summed E-state index contributed by atoms with van der Waals surface area (Å²) in [6.45, 7) is 0.164. The molecule has 1 amide bonds. The number of amides is 1. The van der Waals surface area contributed by atoms with Crippen molar-refractivity contribution in [3.05, 3.63) is 23.2 Å². The molecule has 1 aliphatic heterocycles. The molecule has 0 aliphatic carbocycles. The fraction of sp³-hybridized carbons (Fsp3) is 0.385. The predicted octanol–water partition coefficient (Wildman–Crippen LogP) is 0.516. The number of aliphatic hydroxyl groups is 1. The normalized spacial score (nSPS) is 13.8. The first-order chi connectivity index (χ1) is 9.51. The van der Waals surface area contributed by atoms with Crippen molar-refractivity contribution < 1.29 is 19.4 Å². The Morgan fingerprint density at radius 2 is 2.30 bits per heavy atom. The van der Waals surface area contributed by atoms with Gasteiger partial charge in [0.25, 0.3) is 0 Å². The predicted molar refractivity (Wildman–Crippen MR) is 74.0 cm³/mol. The third kappa shape index (κ3) is 3.20. The second kappa shape index (κ2) is 6.11. The zero-order chi connectivity index (χ0) is 14.7. The molecule has 20 heavy (non-hydrogen) atoms. The molecule has 6 nitrogen and oxygen atoms in total. The molecule has 0 spiro atoms. The van der Waals surface area contributed by atoms with Gasteiger partial charge in [-0.3, -0.25) is 4.79 Å². The monoisotopic (exact) mass is 298 g/mol. The Kier molecular flexibility index (Phi) is 4.46. The first kappa shape index (κ1) is 14.6. The largest absolute Gasteiger partial charge is 0.423 e. The zero-order valence-electron chi connectivity index (χ0n) is 11.0. The van der Waals surface area contributed by atoms with Crippen LogP contribution in [0.4, 0.5) is 5.69 Å². The number of carbonyl (C=O) groups excluding carboxylic acids is 2. The first-order valence-corrected chi connectivity index (χ1v) is 6.49. The number of hydrogen-bond donors (Lipinski definition) is 1. The molecule has 0 atom stereocenters. The van der Waals surface area contributed by atoms with Crippen LogP contribution in [-0.4, -0.2) is 55.2 Å². The SMILES string of the molecule is CN(CCO)C(=O)CN1CC(=O)Oc2ccc(Cl)cc21. The Morgan fingerprint density at radius 1 is 1.55 bits per heavy atom. The van der Waals surface area contributed by atoms with Crippen molar-refractivity contribution in [2.24, 2.45) is 0 Å². The minimum Gasteiger partial charge on any atom is -0.423 e. The van der Waals surface area contributed by atoms with Crippen LogP contribution in [0.3, 0.4) is 0 Å². The van der Waals surface area contributed by atoms with Crippen LogP contribution in [0.1, 0.15) is 0 Å². The lowest BCUT2D eigenvalue weighted by Crippen LogP contribution is -2.44. The molecule has 2 rings (SSSR count). The summed E-state index contributed by atoms with van der Waals surface area (Å²) in [6, 6.07) is 4.88. The number of carbonyl (C=O) groups is 2. The Morgan fingerprint density at radius 3 is 3.00 bits per heavy atom. The van der Waals surface area contributed by atoms with E-state index < -0.39 is 5.97 Å². The van der Waals surface area contributed by atoms with E-state index in [0.717, 1.165) is 0 Å². The molecule has 0 saturated carbocycles. The van der Waals surface area contributed by atoms with Gasteiger partial charge in [0.2, 0.25) is 5.91 Å². The van der Waals surface area contributed by atoms with E-state index in [1.165, 1.54) is 4.90 Å². The molecule has 0 radical (unpaired) electrons. The second-order valence-electron chi connectivity index (χ2n) is 4.48. The molecule has 1 N–H and O–H groups in total. The zero-order valence-corrected chi connectivity index (χ0v) is 11.8. The molecule has 0 fully saturated rings. The van der Waals surface area contributed by atoms with Crippen LogP contribution >= 0.6 is 11.6 Å². The topological polar surface area (TPSA) is 70.1 Å². The summed E-state index contributed by atoms with van der Waals surface area (Å²) in [5, 5.41) is 9.33. The lowest BCUT2D eigenvalue weighted by molar-refractivity contribution is -0.133. The summed E-state index contributed by atoms with van der Waals surface area (Å²) in [4.78, 5) is 26.5.